The Labute approximate surface area is 186 Å². The minimum absolute atomic E-state index is 0.0907. The van der Waals surface area contributed by atoms with Gasteiger partial charge in [0.05, 0.1) is 17.3 Å². The Morgan fingerprint density at radius 1 is 1.10 bits per heavy atom. The third-order valence-electron chi connectivity index (χ3n) is 5.33. The molecule has 3 aromatic rings. The number of nitrogens with one attached hydrogen (secondary N) is 1. The molecule has 1 aliphatic heterocycles. The van der Waals surface area contributed by atoms with Crippen molar-refractivity contribution in [3.05, 3.63) is 60.4 Å². The average Bonchev–Trinajstić information content (AvgIpc) is 3.29. The zero-order chi connectivity index (χ0) is 21.8. The smallest absolute Gasteiger partial charge is 0.234 e. The lowest BCUT2D eigenvalue weighted by atomic mass is 10.1. The highest BCUT2D eigenvalue weighted by molar-refractivity contribution is 7.99. The van der Waals surface area contributed by atoms with Gasteiger partial charge >= 0.3 is 0 Å². The van der Waals surface area contributed by atoms with Gasteiger partial charge in [-0.05, 0) is 35.6 Å². The highest BCUT2D eigenvalue weighted by Gasteiger charge is 2.29. The first-order chi connectivity index (χ1) is 14.9. The predicted octanol–water partition coefficient (Wildman–Crippen LogP) is 3.19. The van der Waals surface area contributed by atoms with Crippen LogP contribution in [0.3, 0.4) is 0 Å². The van der Waals surface area contributed by atoms with Gasteiger partial charge in [-0.1, -0.05) is 54.2 Å². The van der Waals surface area contributed by atoms with E-state index in [1.54, 1.807) is 0 Å². The Kier molecular flexibility index (Phi) is 6.43. The van der Waals surface area contributed by atoms with E-state index in [-0.39, 0.29) is 29.1 Å². The van der Waals surface area contributed by atoms with Crippen LogP contribution in [-0.2, 0) is 28.1 Å². The van der Waals surface area contributed by atoms with Crippen LogP contribution in [0, 0.1) is 5.92 Å². The van der Waals surface area contributed by atoms with Crippen LogP contribution in [0.4, 0.5) is 5.69 Å². The molecular weight excluding hydrogens is 432 g/mol. The van der Waals surface area contributed by atoms with Crippen molar-refractivity contribution in [1.29, 1.82) is 0 Å². The van der Waals surface area contributed by atoms with Crippen molar-refractivity contribution in [1.82, 2.24) is 14.8 Å². The summed E-state index contributed by atoms with van der Waals surface area (Å²) in [4.78, 5) is 12.4. The number of aromatic nitrogens is 3. The lowest BCUT2D eigenvalue weighted by Crippen LogP contribution is -2.14. The second-order valence-electron chi connectivity index (χ2n) is 7.71. The monoisotopic (exact) mass is 456 g/mol. The quantitative estimate of drug-likeness (QED) is 0.549. The van der Waals surface area contributed by atoms with Crippen LogP contribution in [0.1, 0.15) is 12.2 Å². The summed E-state index contributed by atoms with van der Waals surface area (Å²) in [6.07, 6.45) is 1.26. The highest BCUT2D eigenvalue weighted by atomic mass is 32.2. The van der Waals surface area contributed by atoms with Crippen LogP contribution >= 0.6 is 11.8 Å². The maximum Gasteiger partial charge on any atom is 0.234 e. The topological polar surface area (TPSA) is 93.9 Å². The van der Waals surface area contributed by atoms with Crippen molar-refractivity contribution in [2.45, 2.75) is 18.0 Å². The van der Waals surface area contributed by atoms with Crippen molar-refractivity contribution in [3.63, 3.8) is 0 Å². The molecule has 31 heavy (non-hydrogen) atoms. The molecule has 1 aliphatic rings. The Morgan fingerprint density at radius 3 is 2.48 bits per heavy atom. The fourth-order valence-corrected chi connectivity index (χ4v) is 6.24. The molecule has 1 N–H and O–H groups in total. The molecule has 0 spiro atoms. The molecule has 0 aliphatic carbocycles. The zero-order valence-electron chi connectivity index (χ0n) is 17.2. The maximum absolute atomic E-state index is 12.4. The number of nitrogens with zero attached hydrogens (tertiary/aromatic N) is 3. The van der Waals surface area contributed by atoms with Gasteiger partial charge in [-0.25, -0.2) is 8.42 Å². The highest BCUT2D eigenvalue weighted by Crippen LogP contribution is 2.24. The van der Waals surface area contributed by atoms with Gasteiger partial charge < -0.3 is 9.88 Å². The van der Waals surface area contributed by atoms with Gasteiger partial charge in [0.2, 0.25) is 5.91 Å². The number of hydrogen-bond acceptors (Lipinski definition) is 6. The molecule has 2 aromatic carbocycles. The number of benzene rings is 2. The van der Waals surface area contributed by atoms with Gasteiger partial charge in [-0.15, -0.1) is 10.2 Å². The van der Waals surface area contributed by atoms with Gasteiger partial charge in [0, 0.05) is 19.2 Å². The Balaban J connectivity index is 1.29. The second-order valence-corrected chi connectivity index (χ2v) is 10.9. The van der Waals surface area contributed by atoms with Crippen molar-refractivity contribution < 1.29 is 13.2 Å². The van der Waals surface area contributed by atoms with Crippen LogP contribution in [0.25, 0.3) is 11.1 Å². The number of thioether (sulfide) groups is 1. The molecule has 1 saturated heterocycles. The molecule has 4 rings (SSSR count). The number of rotatable bonds is 7. The van der Waals surface area contributed by atoms with E-state index < -0.39 is 9.84 Å². The lowest BCUT2D eigenvalue weighted by Gasteiger charge is -2.08. The van der Waals surface area contributed by atoms with E-state index >= 15 is 0 Å². The van der Waals surface area contributed by atoms with Crippen molar-refractivity contribution in [2.24, 2.45) is 13.0 Å². The summed E-state index contributed by atoms with van der Waals surface area (Å²) in [5.41, 5.74) is 2.96. The number of sulfone groups is 1. The molecule has 1 aromatic heterocycles. The molecule has 1 fully saturated rings. The molecule has 1 unspecified atom stereocenters. The average molecular weight is 457 g/mol. The standard InChI is InChI=1S/C22H24N4O3S2/c1-26-20(13-16-11-12-31(28,29)15-16)24-25-22(26)30-14-21(27)23-19-9-7-18(8-10-19)17-5-3-2-4-6-17/h2-10,16H,11-15H2,1H3,(H,23,27). The summed E-state index contributed by atoms with van der Waals surface area (Å²) in [5.74, 6) is 1.40. The SMILES string of the molecule is Cn1c(CC2CCS(=O)(=O)C2)nnc1SCC(=O)Nc1ccc(-c2ccccc2)cc1. The molecule has 0 saturated carbocycles. The number of amides is 1. The summed E-state index contributed by atoms with van der Waals surface area (Å²) in [7, 11) is -1.06. The van der Waals surface area contributed by atoms with E-state index in [0.717, 1.165) is 22.6 Å². The molecule has 2 heterocycles. The van der Waals surface area contributed by atoms with Crippen molar-refractivity contribution >= 4 is 33.2 Å². The molecule has 0 bridgehead atoms. The number of hydrogen-bond donors (Lipinski definition) is 1. The van der Waals surface area contributed by atoms with E-state index in [1.807, 2.05) is 66.2 Å². The Bertz CT molecular complexity index is 1160. The first-order valence-electron chi connectivity index (χ1n) is 10.1. The number of carbonyl (C=O) groups excluding carboxylic acids is 1. The third-order valence-corrected chi connectivity index (χ3v) is 8.19. The summed E-state index contributed by atoms with van der Waals surface area (Å²) in [6, 6.07) is 17.8. The van der Waals surface area contributed by atoms with Crippen LogP contribution in [0.15, 0.2) is 59.8 Å². The number of anilines is 1. The lowest BCUT2D eigenvalue weighted by molar-refractivity contribution is -0.113. The van der Waals surface area contributed by atoms with Crippen LogP contribution in [0.2, 0.25) is 0 Å². The summed E-state index contributed by atoms with van der Waals surface area (Å²) in [5, 5.41) is 11.9. The van der Waals surface area contributed by atoms with Gasteiger partial charge in [-0.3, -0.25) is 4.79 Å². The molecule has 0 radical (unpaired) electrons. The normalized spacial score (nSPS) is 17.5. The van der Waals surface area contributed by atoms with E-state index in [2.05, 4.69) is 15.5 Å². The van der Waals surface area contributed by atoms with Gasteiger partial charge in [0.1, 0.15) is 5.82 Å². The fraction of sp³-hybridized carbons (Fsp3) is 0.318. The van der Waals surface area contributed by atoms with E-state index in [9.17, 15) is 13.2 Å². The van der Waals surface area contributed by atoms with Crippen LogP contribution in [0.5, 0.6) is 0 Å². The third kappa shape index (κ3) is 5.54. The minimum atomic E-state index is -2.91. The molecule has 1 amide bonds. The van der Waals surface area contributed by atoms with E-state index in [1.165, 1.54) is 11.8 Å². The van der Waals surface area contributed by atoms with E-state index in [0.29, 0.717) is 18.0 Å². The van der Waals surface area contributed by atoms with Crippen molar-refractivity contribution in [3.8, 4) is 11.1 Å². The van der Waals surface area contributed by atoms with Crippen molar-refractivity contribution in [2.75, 3.05) is 22.6 Å². The van der Waals surface area contributed by atoms with E-state index in [4.69, 9.17) is 0 Å². The molecule has 162 valence electrons. The maximum atomic E-state index is 12.4. The second kappa shape index (κ2) is 9.23. The van der Waals surface area contributed by atoms with Crippen LogP contribution in [-0.4, -0.2) is 46.3 Å². The number of carbonyl (C=O) groups is 1. The Morgan fingerprint density at radius 2 is 1.81 bits per heavy atom. The molecule has 7 nitrogen and oxygen atoms in total. The van der Waals surface area contributed by atoms with Gasteiger partial charge in [0.15, 0.2) is 15.0 Å². The summed E-state index contributed by atoms with van der Waals surface area (Å²) >= 11 is 1.31. The fourth-order valence-electron chi connectivity index (χ4n) is 3.64. The predicted molar refractivity (Wildman–Crippen MR) is 123 cm³/mol. The first-order valence-corrected chi connectivity index (χ1v) is 12.9. The first kappa shape index (κ1) is 21.6. The molecule has 1 atom stereocenters. The van der Waals surface area contributed by atoms with Gasteiger partial charge in [0.25, 0.3) is 0 Å². The molecule has 9 heteroatoms. The van der Waals surface area contributed by atoms with Crippen LogP contribution < -0.4 is 5.32 Å². The summed E-state index contributed by atoms with van der Waals surface area (Å²) in [6.45, 7) is 0. The molecular formula is C22H24N4O3S2. The largest absolute Gasteiger partial charge is 0.325 e. The Hall–Kier alpha value is -2.65. The minimum Gasteiger partial charge on any atom is -0.325 e. The van der Waals surface area contributed by atoms with Gasteiger partial charge in [-0.2, -0.15) is 0 Å². The zero-order valence-corrected chi connectivity index (χ0v) is 18.8. The summed E-state index contributed by atoms with van der Waals surface area (Å²) < 4.78 is 25.1.